The van der Waals surface area contributed by atoms with Gasteiger partial charge in [0.1, 0.15) is 0 Å². The summed E-state index contributed by atoms with van der Waals surface area (Å²) in [6, 6.07) is 0. The summed E-state index contributed by atoms with van der Waals surface area (Å²) in [5.41, 5.74) is 0. The van der Waals surface area contributed by atoms with Gasteiger partial charge in [0.25, 0.3) is 0 Å². The smallest absolute Gasteiger partial charge is 0.332 e. The number of carboxylic acid groups (broad SMARTS) is 1. The summed E-state index contributed by atoms with van der Waals surface area (Å²) in [7, 11) is 0. The summed E-state index contributed by atoms with van der Waals surface area (Å²) >= 11 is 0. The molecule has 0 heterocycles. The number of aliphatic carboxylic acids is 1. The Labute approximate surface area is 84.4 Å². The summed E-state index contributed by atoms with van der Waals surface area (Å²) in [5, 5.41) is 8.99. The van der Waals surface area contributed by atoms with Gasteiger partial charge in [-0.15, -0.1) is 0 Å². The topological polar surface area (TPSA) is 46.5 Å². The van der Waals surface area contributed by atoms with Crippen molar-refractivity contribution >= 4 is 5.97 Å². The maximum absolute atomic E-state index is 10.9. The molecule has 0 saturated heterocycles. The first-order valence-corrected chi connectivity index (χ1v) is 5.64. The first-order chi connectivity index (χ1) is 6.75. The predicted molar refractivity (Wildman–Crippen MR) is 52.1 cm³/mol. The van der Waals surface area contributed by atoms with Crippen molar-refractivity contribution in [3.63, 3.8) is 0 Å². The number of carboxylic acids is 1. The molecule has 3 heteroatoms. The molecule has 2 aliphatic carbocycles. The zero-order valence-electron chi connectivity index (χ0n) is 8.45. The number of ether oxygens (including phenoxy) is 1. The summed E-state index contributed by atoms with van der Waals surface area (Å²) in [4.78, 5) is 10.9. The highest BCUT2D eigenvalue weighted by molar-refractivity contribution is 5.72. The molecule has 1 atom stereocenters. The van der Waals surface area contributed by atoms with Crippen LogP contribution in [0.4, 0.5) is 0 Å². The minimum absolute atomic E-state index is 0.248. The SMILES string of the molecule is O=C(O)[C@H](CC1CCCC1)OC1CC1. The first-order valence-electron chi connectivity index (χ1n) is 5.64. The van der Waals surface area contributed by atoms with E-state index in [1.54, 1.807) is 0 Å². The van der Waals surface area contributed by atoms with Crippen molar-refractivity contribution in [2.75, 3.05) is 0 Å². The van der Waals surface area contributed by atoms with Gasteiger partial charge in [-0.1, -0.05) is 25.7 Å². The molecule has 1 N–H and O–H groups in total. The molecule has 0 aromatic carbocycles. The molecule has 0 aromatic heterocycles. The van der Waals surface area contributed by atoms with Gasteiger partial charge >= 0.3 is 5.97 Å². The summed E-state index contributed by atoms with van der Waals surface area (Å²) in [5.74, 6) is -0.182. The molecule has 2 fully saturated rings. The molecule has 2 saturated carbocycles. The van der Waals surface area contributed by atoms with Gasteiger partial charge in [-0.05, 0) is 25.2 Å². The summed E-state index contributed by atoms with van der Waals surface area (Å²) in [6.07, 6.45) is 7.45. The van der Waals surface area contributed by atoms with Crippen molar-refractivity contribution < 1.29 is 14.6 Å². The van der Waals surface area contributed by atoms with Crippen LogP contribution in [0.3, 0.4) is 0 Å². The predicted octanol–water partition coefficient (Wildman–Crippen LogP) is 2.20. The zero-order chi connectivity index (χ0) is 9.97. The highest BCUT2D eigenvalue weighted by Crippen LogP contribution is 2.32. The van der Waals surface area contributed by atoms with Crippen molar-refractivity contribution in [2.45, 2.75) is 57.2 Å². The van der Waals surface area contributed by atoms with Gasteiger partial charge < -0.3 is 9.84 Å². The standard InChI is InChI=1S/C11H18O3/c12-11(13)10(14-9-5-6-9)7-8-3-1-2-4-8/h8-10H,1-7H2,(H,12,13)/t10-/m0/s1. The van der Waals surface area contributed by atoms with E-state index in [1.165, 1.54) is 25.7 Å². The number of carbonyl (C=O) groups is 1. The van der Waals surface area contributed by atoms with E-state index in [2.05, 4.69) is 0 Å². The monoisotopic (exact) mass is 198 g/mol. The lowest BCUT2D eigenvalue weighted by molar-refractivity contribution is -0.152. The van der Waals surface area contributed by atoms with E-state index in [9.17, 15) is 4.79 Å². The van der Waals surface area contributed by atoms with Crippen molar-refractivity contribution in [1.82, 2.24) is 0 Å². The Hall–Kier alpha value is -0.570. The maximum atomic E-state index is 10.9. The third-order valence-electron chi connectivity index (χ3n) is 3.18. The van der Waals surface area contributed by atoms with E-state index < -0.39 is 12.1 Å². The van der Waals surface area contributed by atoms with Crippen molar-refractivity contribution in [1.29, 1.82) is 0 Å². The van der Waals surface area contributed by atoms with Crippen LogP contribution < -0.4 is 0 Å². The van der Waals surface area contributed by atoms with Gasteiger partial charge in [-0.3, -0.25) is 0 Å². The molecule has 3 nitrogen and oxygen atoms in total. The summed E-state index contributed by atoms with van der Waals surface area (Å²) < 4.78 is 5.49. The fraction of sp³-hybridized carbons (Fsp3) is 0.909. The van der Waals surface area contributed by atoms with E-state index in [4.69, 9.17) is 9.84 Å². The van der Waals surface area contributed by atoms with Crippen LogP contribution in [0.25, 0.3) is 0 Å². The lowest BCUT2D eigenvalue weighted by Gasteiger charge is -2.16. The molecule has 2 aliphatic rings. The Kier molecular flexibility index (Phi) is 3.06. The lowest BCUT2D eigenvalue weighted by atomic mass is 10.00. The minimum Gasteiger partial charge on any atom is -0.479 e. The van der Waals surface area contributed by atoms with Crippen LogP contribution in [0.15, 0.2) is 0 Å². The van der Waals surface area contributed by atoms with Gasteiger partial charge in [0, 0.05) is 0 Å². The van der Waals surface area contributed by atoms with Crippen molar-refractivity contribution in [2.24, 2.45) is 5.92 Å². The largest absolute Gasteiger partial charge is 0.479 e. The van der Waals surface area contributed by atoms with E-state index in [0.717, 1.165) is 19.3 Å². The Morgan fingerprint density at radius 1 is 1.29 bits per heavy atom. The molecule has 0 bridgehead atoms. The van der Waals surface area contributed by atoms with E-state index in [1.807, 2.05) is 0 Å². The van der Waals surface area contributed by atoms with Crippen LogP contribution in [0.1, 0.15) is 44.9 Å². The second-order valence-electron chi connectivity index (χ2n) is 4.55. The van der Waals surface area contributed by atoms with Crippen LogP contribution in [0.2, 0.25) is 0 Å². The average molecular weight is 198 g/mol. The van der Waals surface area contributed by atoms with Crippen molar-refractivity contribution in [3.05, 3.63) is 0 Å². The second-order valence-corrected chi connectivity index (χ2v) is 4.55. The molecular formula is C11H18O3. The maximum Gasteiger partial charge on any atom is 0.332 e. The molecule has 0 spiro atoms. The molecule has 0 unspecified atom stereocenters. The molecule has 2 rings (SSSR count). The third-order valence-corrected chi connectivity index (χ3v) is 3.18. The Balaban J connectivity index is 1.79. The molecule has 0 amide bonds. The number of rotatable bonds is 5. The quantitative estimate of drug-likeness (QED) is 0.736. The molecule has 80 valence electrons. The minimum atomic E-state index is -0.774. The highest BCUT2D eigenvalue weighted by Gasteiger charge is 2.32. The van der Waals surface area contributed by atoms with Crippen LogP contribution >= 0.6 is 0 Å². The molecule has 0 aliphatic heterocycles. The Bertz CT molecular complexity index is 205. The van der Waals surface area contributed by atoms with Gasteiger partial charge in [0.15, 0.2) is 6.10 Å². The van der Waals surface area contributed by atoms with Crippen LogP contribution in [0, 0.1) is 5.92 Å². The Morgan fingerprint density at radius 3 is 2.43 bits per heavy atom. The second kappa shape index (κ2) is 4.30. The van der Waals surface area contributed by atoms with E-state index >= 15 is 0 Å². The van der Waals surface area contributed by atoms with Crippen LogP contribution in [-0.2, 0) is 9.53 Å². The first kappa shape index (κ1) is 9.97. The average Bonchev–Trinajstić information content (AvgIpc) is 2.80. The molecule has 0 aromatic rings. The Morgan fingerprint density at radius 2 is 1.93 bits per heavy atom. The summed E-state index contributed by atoms with van der Waals surface area (Å²) in [6.45, 7) is 0. The fourth-order valence-corrected chi connectivity index (χ4v) is 2.20. The molecule has 0 radical (unpaired) electrons. The van der Waals surface area contributed by atoms with Gasteiger partial charge in [-0.2, -0.15) is 0 Å². The van der Waals surface area contributed by atoms with Crippen LogP contribution in [-0.4, -0.2) is 23.3 Å². The highest BCUT2D eigenvalue weighted by atomic mass is 16.5. The van der Waals surface area contributed by atoms with E-state index in [0.29, 0.717) is 5.92 Å². The number of hydrogen-bond acceptors (Lipinski definition) is 2. The normalized spacial score (nSPS) is 25.1. The zero-order valence-corrected chi connectivity index (χ0v) is 8.45. The fourth-order valence-electron chi connectivity index (χ4n) is 2.20. The van der Waals surface area contributed by atoms with E-state index in [-0.39, 0.29) is 6.10 Å². The van der Waals surface area contributed by atoms with Crippen molar-refractivity contribution in [3.8, 4) is 0 Å². The molecular weight excluding hydrogens is 180 g/mol. The molecule has 14 heavy (non-hydrogen) atoms. The number of hydrogen-bond donors (Lipinski definition) is 1. The van der Waals surface area contributed by atoms with Gasteiger partial charge in [0.2, 0.25) is 0 Å². The third kappa shape index (κ3) is 2.71. The lowest BCUT2D eigenvalue weighted by Crippen LogP contribution is -2.27. The van der Waals surface area contributed by atoms with Gasteiger partial charge in [-0.25, -0.2) is 4.79 Å². The van der Waals surface area contributed by atoms with Gasteiger partial charge in [0.05, 0.1) is 6.10 Å². The van der Waals surface area contributed by atoms with Crippen LogP contribution in [0.5, 0.6) is 0 Å².